The average Bonchev–Trinajstić information content (AvgIpc) is 2.43. The van der Waals surface area contributed by atoms with Crippen LogP contribution in [0.3, 0.4) is 0 Å². The van der Waals surface area contributed by atoms with Crippen LogP contribution in [0.4, 0.5) is 0 Å². The van der Waals surface area contributed by atoms with Gasteiger partial charge in [0, 0.05) is 11.4 Å². The van der Waals surface area contributed by atoms with E-state index in [0.717, 1.165) is 32.1 Å². The number of halogens is 1. The largest absolute Gasteiger partial charge is 0.352 e. The highest BCUT2D eigenvalue weighted by atomic mass is 35.5. The first-order valence-electron chi connectivity index (χ1n) is 8.49. The zero-order valence-corrected chi connectivity index (χ0v) is 14.0. The number of amides is 1. The Hall–Kier alpha value is -1.02. The normalized spacial score (nSPS) is 39.0. The van der Waals surface area contributed by atoms with Gasteiger partial charge < -0.3 is 5.32 Å². The molecule has 0 spiro atoms. The Kier molecular flexibility index (Phi) is 3.30. The van der Waals surface area contributed by atoms with Crippen molar-refractivity contribution in [2.75, 3.05) is 0 Å². The van der Waals surface area contributed by atoms with E-state index in [1.54, 1.807) is 0 Å². The molecule has 1 aromatic carbocycles. The molecule has 0 radical (unpaired) electrons. The van der Waals surface area contributed by atoms with Gasteiger partial charge in [0.25, 0.3) is 0 Å². The molecular formula is C19H24ClNO. The maximum atomic E-state index is 12.9. The fraction of sp³-hybridized carbons (Fsp3) is 0.632. The van der Waals surface area contributed by atoms with Gasteiger partial charge in [-0.2, -0.15) is 0 Å². The van der Waals surface area contributed by atoms with Gasteiger partial charge >= 0.3 is 0 Å². The van der Waals surface area contributed by atoms with Crippen molar-refractivity contribution in [3.8, 4) is 0 Å². The van der Waals surface area contributed by atoms with Gasteiger partial charge in [-0.1, -0.05) is 29.8 Å². The minimum absolute atomic E-state index is 0.0920. The average molecular weight is 318 g/mol. The zero-order chi connectivity index (χ0) is 15.4. The van der Waals surface area contributed by atoms with Crippen LogP contribution in [0.25, 0.3) is 0 Å². The summed E-state index contributed by atoms with van der Waals surface area (Å²) in [6.07, 6.45) is 6.53. The number of hydrogen-bond donors (Lipinski definition) is 1. The third-order valence-electron chi connectivity index (χ3n) is 6.05. The van der Waals surface area contributed by atoms with Crippen LogP contribution in [0.1, 0.15) is 49.7 Å². The Morgan fingerprint density at radius 1 is 1.18 bits per heavy atom. The van der Waals surface area contributed by atoms with Crippen LogP contribution in [0, 0.1) is 24.2 Å². The van der Waals surface area contributed by atoms with E-state index in [-0.39, 0.29) is 16.2 Å². The van der Waals surface area contributed by atoms with Crippen LogP contribution >= 0.6 is 11.6 Å². The Morgan fingerprint density at radius 3 is 2.41 bits per heavy atom. The SMILES string of the molecule is Cc1ccc(CNC(=O)C23C[C@@H]4C[C@@H](CC(Cl)(C4)C2)C3)cc1. The lowest BCUT2D eigenvalue weighted by atomic mass is 9.49. The Labute approximate surface area is 137 Å². The maximum absolute atomic E-state index is 12.9. The zero-order valence-electron chi connectivity index (χ0n) is 13.2. The van der Waals surface area contributed by atoms with Gasteiger partial charge in [-0.05, 0) is 62.8 Å². The summed E-state index contributed by atoms with van der Waals surface area (Å²) in [5.74, 6) is 1.58. The molecular weight excluding hydrogens is 294 g/mol. The van der Waals surface area contributed by atoms with Gasteiger partial charge in [0.1, 0.15) is 0 Å². The molecule has 0 heterocycles. The van der Waals surface area contributed by atoms with Gasteiger partial charge in [-0.25, -0.2) is 0 Å². The lowest BCUT2D eigenvalue weighted by molar-refractivity contribution is -0.144. The van der Waals surface area contributed by atoms with Gasteiger partial charge in [-0.15, -0.1) is 11.6 Å². The van der Waals surface area contributed by atoms with Crippen molar-refractivity contribution in [2.45, 2.75) is 56.9 Å². The molecule has 4 fully saturated rings. The summed E-state index contributed by atoms with van der Waals surface area (Å²) >= 11 is 6.82. The molecule has 4 bridgehead atoms. The van der Waals surface area contributed by atoms with E-state index >= 15 is 0 Å². The first-order valence-corrected chi connectivity index (χ1v) is 8.87. The van der Waals surface area contributed by atoms with Gasteiger partial charge in [0.05, 0.1) is 5.41 Å². The molecule has 4 aliphatic rings. The number of hydrogen-bond acceptors (Lipinski definition) is 1. The summed E-state index contributed by atoms with van der Waals surface area (Å²) in [4.78, 5) is 12.8. The second-order valence-electron chi connectivity index (χ2n) is 8.06. The lowest BCUT2D eigenvalue weighted by Crippen LogP contribution is -2.58. The number of aryl methyl sites for hydroxylation is 1. The fourth-order valence-corrected chi connectivity index (χ4v) is 6.18. The highest BCUT2D eigenvalue weighted by Gasteiger charge is 2.59. The summed E-state index contributed by atoms with van der Waals surface area (Å²) in [5.41, 5.74) is 2.24. The molecule has 22 heavy (non-hydrogen) atoms. The predicted octanol–water partition coefficient (Wildman–Crippen LogP) is 4.19. The quantitative estimate of drug-likeness (QED) is 0.832. The van der Waals surface area contributed by atoms with Crippen LogP contribution in [-0.2, 0) is 11.3 Å². The number of carbonyl (C=O) groups excluding carboxylic acids is 1. The highest BCUT2D eigenvalue weighted by molar-refractivity contribution is 6.24. The molecule has 3 heteroatoms. The first-order chi connectivity index (χ1) is 10.5. The molecule has 2 unspecified atom stereocenters. The molecule has 0 saturated heterocycles. The Balaban J connectivity index is 1.47. The van der Waals surface area contributed by atoms with Crippen molar-refractivity contribution in [1.29, 1.82) is 0 Å². The summed E-state index contributed by atoms with van der Waals surface area (Å²) in [6, 6.07) is 8.39. The molecule has 2 nitrogen and oxygen atoms in total. The van der Waals surface area contributed by atoms with Gasteiger partial charge in [0.2, 0.25) is 5.91 Å². The molecule has 4 aliphatic carbocycles. The summed E-state index contributed by atoms with van der Waals surface area (Å²) in [7, 11) is 0. The third kappa shape index (κ3) is 2.46. The minimum Gasteiger partial charge on any atom is -0.352 e. The van der Waals surface area contributed by atoms with Crippen LogP contribution in [-0.4, -0.2) is 10.8 Å². The van der Waals surface area contributed by atoms with Crippen LogP contribution in [0.15, 0.2) is 24.3 Å². The van der Waals surface area contributed by atoms with E-state index in [1.807, 2.05) is 0 Å². The van der Waals surface area contributed by atoms with E-state index in [1.165, 1.54) is 17.5 Å². The number of rotatable bonds is 3. The summed E-state index contributed by atoms with van der Waals surface area (Å²) < 4.78 is 0. The van der Waals surface area contributed by atoms with Crippen molar-refractivity contribution in [1.82, 2.24) is 5.32 Å². The predicted molar refractivity (Wildman–Crippen MR) is 88.7 cm³/mol. The molecule has 0 aromatic heterocycles. The van der Waals surface area contributed by atoms with E-state index in [0.29, 0.717) is 18.4 Å². The highest BCUT2D eigenvalue weighted by Crippen LogP contribution is 2.63. The Morgan fingerprint density at radius 2 is 1.82 bits per heavy atom. The summed E-state index contributed by atoms with van der Waals surface area (Å²) in [5, 5.41) is 3.20. The molecule has 1 N–H and O–H groups in total. The molecule has 5 rings (SSSR count). The topological polar surface area (TPSA) is 29.1 Å². The van der Waals surface area contributed by atoms with Crippen LogP contribution in [0.5, 0.6) is 0 Å². The lowest BCUT2D eigenvalue weighted by Gasteiger charge is -2.59. The monoisotopic (exact) mass is 317 g/mol. The van der Waals surface area contributed by atoms with E-state index < -0.39 is 0 Å². The van der Waals surface area contributed by atoms with Crippen LogP contribution < -0.4 is 5.32 Å². The second-order valence-corrected chi connectivity index (χ2v) is 8.86. The van der Waals surface area contributed by atoms with Crippen molar-refractivity contribution < 1.29 is 4.79 Å². The summed E-state index contributed by atoms with van der Waals surface area (Å²) in [6.45, 7) is 2.71. The standard InChI is InChI=1S/C19H24ClNO/c1-13-2-4-14(5-3-13)11-21-17(22)18-7-15-6-16(8-18)10-19(20,9-15)12-18/h2-5,15-16H,6-12H2,1H3,(H,21,22)/t15-,16+,18?,19?. The third-order valence-corrected chi connectivity index (χ3v) is 6.49. The maximum Gasteiger partial charge on any atom is 0.226 e. The molecule has 4 saturated carbocycles. The van der Waals surface area contributed by atoms with Crippen LogP contribution in [0.2, 0.25) is 0 Å². The molecule has 4 atom stereocenters. The molecule has 1 amide bonds. The smallest absolute Gasteiger partial charge is 0.226 e. The number of benzene rings is 1. The van der Waals surface area contributed by atoms with E-state index in [2.05, 4.69) is 36.5 Å². The number of nitrogens with one attached hydrogen (secondary N) is 1. The van der Waals surface area contributed by atoms with Crippen molar-refractivity contribution in [3.63, 3.8) is 0 Å². The van der Waals surface area contributed by atoms with Gasteiger partial charge in [-0.3, -0.25) is 4.79 Å². The van der Waals surface area contributed by atoms with E-state index in [4.69, 9.17) is 11.6 Å². The van der Waals surface area contributed by atoms with Crippen molar-refractivity contribution in [2.24, 2.45) is 17.3 Å². The molecule has 118 valence electrons. The van der Waals surface area contributed by atoms with Crippen molar-refractivity contribution >= 4 is 17.5 Å². The number of alkyl halides is 1. The van der Waals surface area contributed by atoms with E-state index in [9.17, 15) is 4.79 Å². The number of carbonyl (C=O) groups is 1. The molecule has 0 aliphatic heterocycles. The van der Waals surface area contributed by atoms with Gasteiger partial charge in [0.15, 0.2) is 0 Å². The Bertz CT molecular complexity index is 580. The van der Waals surface area contributed by atoms with Crippen molar-refractivity contribution in [3.05, 3.63) is 35.4 Å². The second kappa shape index (κ2) is 4.99. The molecule has 1 aromatic rings. The fourth-order valence-electron chi connectivity index (χ4n) is 5.49. The minimum atomic E-state index is -0.184. The first kappa shape index (κ1) is 14.6.